The maximum atomic E-state index is 13.5. The summed E-state index contributed by atoms with van der Waals surface area (Å²) < 4.78 is 26.2. The molecule has 36 heavy (non-hydrogen) atoms. The van der Waals surface area contributed by atoms with Crippen molar-refractivity contribution in [2.75, 3.05) is 17.1 Å². The molecule has 0 heterocycles. The minimum atomic E-state index is -3.51. The van der Waals surface area contributed by atoms with E-state index in [0.29, 0.717) is 25.1 Å². The lowest BCUT2D eigenvalue weighted by Crippen LogP contribution is -2.50. The maximum Gasteiger partial charge on any atom is 0.243 e. The van der Waals surface area contributed by atoms with E-state index in [1.54, 1.807) is 17.0 Å². The molecule has 8 heteroatoms. The van der Waals surface area contributed by atoms with Crippen molar-refractivity contribution in [1.29, 1.82) is 0 Å². The van der Waals surface area contributed by atoms with Crippen LogP contribution in [0.3, 0.4) is 0 Å². The summed E-state index contributed by atoms with van der Waals surface area (Å²) in [5, 5.41) is 3.01. The van der Waals surface area contributed by atoms with Crippen LogP contribution in [0.25, 0.3) is 0 Å². The van der Waals surface area contributed by atoms with Crippen molar-refractivity contribution in [1.82, 2.24) is 10.2 Å². The maximum absolute atomic E-state index is 13.5. The molecule has 2 aromatic carbocycles. The zero-order valence-electron chi connectivity index (χ0n) is 22.5. The molecule has 0 saturated heterocycles. The van der Waals surface area contributed by atoms with Gasteiger partial charge in [-0.3, -0.25) is 13.9 Å². The van der Waals surface area contributed by atoms with Crippen molar-refractivity contribution in [3.8, 4) is 0 Å². The Hall–Kier alpha value is -2.87. The van der Waals surface area contributed by atoms with E-state index < -0.39 is 16.1 Å². The summed E-state index contributed by atoms with van der Waals surface area (Å²) in [6.45, 7) is 10.3. The molecule has 2 unspecified atom stereocenters. The Morgan fingerprint density at radius 3 is 2.19 bits per heavy atom. The molecule has 2 rings (SSSR count). The number of sulfonamides is 1. The Balaban J connectivity index is 2.22. The van der Waals surface area contributed by atoms with Gasteiger partial charge in [-0.1, -0.05) is 61.4 Å². The SMILES string of the molecule is CCC(C)NC(=O)C(CC)N(Cc1cccc(C)c1)C(=O)CCCN(c1ccc(C)cc1)S(C)(=O)=O. The van der Waals surface area contributed by atoms with E-state index >= 15 is 0 Å². The Bertz CT molecular complexity index is 1120. The van der Waals surface area contributed by atoms with Gasteiger partial charge in [-0.25, -0.2) is 8.42 Å². The summed E-state index contributed by atoms with van der Waals surface area (Å²) in [5.41, 5.74) is 3.65. The van der Waals surface area contributed by atoms with Crippen LogP contribution in [0.15, 0.2) is 48.5 Å². The molecule has 0 aliphatic heterocycles. The molecule has 0 spiro atoms. The molecule has 0 radical (unpaired) electrons. The Kier molecular flexibility index (Phi) is 11.0. The molecular formula is C28H41N3O4S. The second kappa shape index (κ2) is 13.4. The molecule has 1 N–H and O–H groups in total. The molecule has 2 amide bonds. The van der Waals surface area contributed by atoms with Crippen LogP contribution in [-0.2, 0) is 26.2 Å². The van der Waals surface area contributed by atoms with Gasteiger partial charge in [0.05, 0.1) is 11.9 Å². The van der Waals surface area contributed by atoms with Crippen molar-refractivity contribution in [2.45, 2.75) is 78.9 Å². The minimum Gasteiger partial charge on any atom is -0.352 e. The van der Waals surface area contributed by atoms with Crippen LogP contribution in [-0.4, -0.2) is 50.0 Å². The van der Waals surface area contributed by atoms with Crippen molar-refractivity contribution >= 4 is 27.5 Å². The first-order valence-corrected chi connectivity index (χ1v) is 14.5. The van der Waals surface area contributed by atoms with E-state index in [0.717, 1.165) is 23.1 Å². The average molecular weight is 516 g/mol. The number of hydrogen-bond acceptors (Lipinski definition) is 4. The number of anilines is 1. The first-order valence-electron chi connectivity index (χ1n) is 12.7. The Morgan fingerprint density at radius 1 is 0.972 bits per heavy atom. The van der Waals surface area contributed by atoms with Gasteiger partial charge in [0, 0.05) is 25.6 Å². The molecule has 2 aromatic rings. The van der Waals surface area contributed by atoms with Crippen LogP contribution in [0.4, 0.5) is 5.69 Å². The minimum absolute atomic E-state index is 0.0142. The van der Waals surface area contributed by atoms with E-state index in [2.05, 4.69) is 5.32 Å². The fourth-order valence-corrected chi connectivity index (χ4v) is 5.05. The number of nitrogens with zero attached hydrogens (tertiary/aromatic N) is 2. The molecule has 0 saturated carbocycles. The molecule has 2 atom stereocenters. The molecular weight excluding hydrogens is 474 g/mol. The summed E-state index contributed by atoms with van der Waals surface area (Å²) in [7, 11) is -3.51. The second-order valence-corrected chi connectivity index (χ2v) is 11.4. The van der Waals surface area contributed by atoms with Gasteiger partial charge < -0.3 is 10.2 Å². The fourth-order valence-electron chi connectivity index (χ4n) is 4.08. The Morgan fingerprint density at radius 2 is 1.64 bits per heavy atom. The second-order valence-electron chi connectivity index (χ2n) is 9.53. The monoisotopic (exact) mass is 515 g/mol. The van der Waals surface area contributed by atoms with Gasteiger partial charge in [-0.15, -0.1) is 0 Å². The van der Waals surface area contributed by atoms with Crippen LogP contribution in [0, 0.1) is 13.8 Å². The number of benzene rings is 2. The number of carbonyl (C=O) groups excluding carboxylic acids is 2. The third-order valence-corrected chi connectivity index (χ3v) is 7.49. The van der Waals surface area contributed by atoms with Crippen molar-refractivity contribution in [3.63, 3.8) is 0 Å². The van der Waals surface area contributed by atoms with E-state index in [1.165, 1.54) is 10.6 Å². The molecule has 0 aliphatic rings. The number of hydrogen-bond donors (Lipinski definition) is 1. The largest absolute Gasteiger partial charge is 0.352 e. The van der Waals surface area contributed by atoms with Crippen LogP contribution < -0.4 is 9.62 Å². The van der Waals surface area contributed by atoms with Crippen molar-refractivity contribution in [2.24, 2.45) is 0 Å². The highest BCUT2D eigenvalue weighted by molar-refractivity contribution is 7.92. The van der Waals surface area contributed by atoms with Crippen LogP contribution >= 0.6 is 0 Å². The molecule has 0 bridgehead atoms. The van der Waals surface area contributed by atoms with Gasteiger partial charge in [0.15, 0.2) is 0 Å². The third-order valence-electron chi connectivity index (χ3n) is 6.30. The highest BCUT2D eigenvalue weighted by Crippen LogP contribution is 2.20. The lowest BCUT2D eigenvalue weighted by atomic mass is 10.1. The van der Waals surface area contributed by atoms with E-state index in [-0.39, 0.29) is 30.8 Å². The van der Waals surface area contributed by atoms with E-state index in [9.17, 15) is 18.0 Å². The number of rotatable bonds is 13. The first kappa shape index (κ1) is 29.4. The van der Waals surface area contributed by atoms with Gasteiger partial charge in [-0.05, 0) is 57.7 Å². The normalized spacial score (nSPS) is 13.1. The molecule has 0 aromatic heterocycles. The molecule has 198 valence electrons. The summed E-state index contributed by atoms with van der Waals surface area (Å²) >= 11 is 0. The summed E-state index contributed by atoms with van der Waals surface area (Å²) in [5.74, 6) is -0.328. The number of carbonyl (C=O) groups is 2. The standard InChI is InChI=1S/C28H41N3O4S/c1-7-23(5)29-28(33)26(8-2)30(20-24-12-9-11-22(4)19-24)27(32)13-10-18-31(36(6,34)35)25-16-14-21(3)15-17-25/h9,11-12,14-17,19,23,26H,7-8,10,13,18,20H2,1-6H3,(H,29,33). The van der Waals surface area contributed by atoms with Crippen LogP contribution in [0.5, 0.6) is 0 Å². The van der Waals surface area contributed by atoms with Gasteiger partial charge in [0.1, 0.15) is 6.04 Å². The third kappa shape index (κ3) is 8.66. The van der Waals surface area contributed by atoms with Crippen LogP contribution in [0.2, 0.25) is 0 Å². The highest BCUT2D eigenvalue weighted by atomic mass is 32.2. The predicted octanol–water partition coefficient (Wildman–Crippen LogP) is 4.57. The van der Waals surface area contributed by atoms with Gasteiger partial charge in [0.25, 0.3) is 0 Å². The predicted molar refractivity (Wildman–Crippen MR) is 146 cm³/mol. The lowest BCUT2D eigenvalue weighted by molar-refractivity contribution is -0.141. The summed E-state index contributed by atoms with van der Waals surface area (Å²) in [6, 6.07) is 14.6. The number of aryl methyl sites for hydroxylation is 2. The average Bonchev–Trinajstić information content (AvgIpc) is 2.81. The molecule has 0 fully saturated rings. The number of nitrogens with one attached hydrogen (secondary N) is 1. The smallest absolute Gasteiger partial charge is 0.243 e. The summed E-state index contributed by atoms with van der Waals surface area (Å²) in [4.78, 5) is 28.2. The summed E-state index contributed by atoms with van der Waals surface area (Å²) in [6.07, 6.45) is 2.93. The van der Waals surface area contributed by atoms with Crippen LogP contribution in [0.1, 0.15) is 63.1 Å². The zero-order valence-corrected chi connectivity index (χ0v) is 23.3. The topological polar surface area (TPSA) is 86.8 Å². The Labute approximate surface area is 216 Å². The molecule has 7 nitrogen and oxygen atoms in total. The van der Waals surface area contributed by atoms with E-state index in [1.807, 2.05) is 71.0 Å². The first-order chi connectivity index (χ1) is 17.0. The number of amides is 2. The van der Waals surface area contributed by atoms with Crippen molar-refractivity contribution < 1.29 is 18.0 Å². The fraction of sp³-hybridized carbons (Fsp3) is 0.500. The van der Waals surface area contributed by atoms with E-state index in [4.69, 9.17) is 0 Å². The molecule has 0 aliphatic carbocycles. The van der Waals surface area contributed by atoms with Gasteiger partial charge in [-0.2, -0.15) is 0 Å². The lowest BCUT2D eigenvalue weighted by Gasteiger charge is -2.32. The van der Waals surface area contributed by atoms with Gasteiger partial charge in [0.2, 0.25) is 21.8 Å². The highest BCUT2D eigenvalue weighted by Gasteiger charge is 2.29. The van der Waals surface area contributed by atoms with Gasteiger partial charge >= 0.3 is 0 Å². The quantitative estimate of drug-likeness (QED) is 0.423. The van der Waals surface area contributed by atoms with Crippen molar-refractivity contribution in [3.05, 3.63) is 65.2 Å². The zero-order chi connectivity index (χ0) is 26.9.